The first-order valence-electron chi connectivity index (χ1n) is 4.67. The average molecular weight is 214 g/mol. The van der Waals surface area contributed by atoms with Gasteiger partial charge in [-0.25, -0.2) is 4.98 Å². The lowest BCUT2D eigenvalue weighted by Gasteiger charge is -1.99. The van der Waals surface area contributed by atoms with Crippen molar-refractivity contribution in [1.82, 2.24) is 4.98 Å². The van der Waals surface area contributed by atoms with Crippen LogP contribution in [-0.4, -0.2) is 4.98 Å². The van der Waals surface area contributed by atoms with Gasteiger partial charge in [-0.2, -0.15) is 5.26 Å². The molecule has 1 aromatic heterocycles. The van der Waals surface area contributed by atoms with E-state index in [9.17, 15) is 0 Å². The number of aryl methyl sites for hydroxylation is 1. The molecule has 0 bridgehead atoms. The number of aromatic nitrogens is 1. The normalized spacial score (nSPS) is 9.87. The number of nitrogens with zero attached hydrogens (tertiary/aromatic N) is 2. The maximum absolute atomic E-state index is 8.56. The van der Waals surface area contributed by atoms with Crippen LogP contribution < -0.4 is 0 Å². The van der Waals surface area contributed by atoms with Crippen LogP contribution in [-0.2, 0) is 6.42 Å². The molecule has 0 radical (unpaired) electrons. The van der Waals surface area contributed by atoms with Gasteiger partial charge in [0.25, 0.3) is 0 Å². The molecule has 0 amide bonds. The molecule has 2 nitrogen and oxygen atoms in total. The monoisotopic (exact) mass is 214 g/mol. The van der Waals surface area contributed by atoms with Crippen LogP contribution in [0.5, 0.6) is 0 Å². The van der Waals surface area contributed by atoms with Gasteiger partial charge in [-0.1, -0.05) is 24.3 Å². The van der Waals surface area contributed by atoms with Crippen molar-refractivity contribution in [2.75, 3.05) is 0 Å². The summed E-state index contributed by atoms with van der Waals surface area (Å²) in [5.74, 6) is 0. The zero-order valence-corrected chi connectivity index (χ0v) is 9.21. The fourth-order valence-electron chi connectivity index (χ4n) is 1.44. The van der Waals surface area contributed by atoms with Gasteiger partial charge in [0.1, 0.15) is 0 Å². The molecular formula is C12H10N2S. The summed E-state index contributed by atoms with van der Waals surface area (Å²) < 4.78 is 0. The predicted octanol–water partition coefficient (Wildman–Crippen LogP) is 3.18. The molecule has 1 heterocycles. The lowest BCUT2D eigenvalue weighted by atomic mass is 10.1. The molecule has 0 atom stereocenters. The molecule has 0 spiro atoms. The quantitative estimate of drug-likeness (QED) is 0.769. The van der Waals surface area contributed by atoms with E-state index in [0.717, 1.165) is 11.3 Å². The highest BCUT2D eigenvalue weighted by atomic mass is 32.1. The number of thiazole rings is 1. The molecule has 1 aromatic carbocycles. The molecule has 0 aliphatic rings. The predicted molar refractivity (Wildman–Crippen MR) is 61.6 cm³/mol. The molecule has 2 rings (SSSR count). The van der Waals surface area contributed by atoms with Crippen LogP contribution in [0, 0.1) is 18.3 Å². The molecule has 0 aliphatic carbocycles. The van der Waals surface area contributed by atoms with Crippen molar-refractivity contribution < 1.29 is 0 Å². The number of hydrogen-bond donors (Lipinski definition) is 0. The first-order chi connectivity index (χ1) is 7.31. The highest BCUT2D eigenvalue weighted by Gasteiger charge is 2.03. The molecular weight excluding hydrogens is 204 g/mol. The Kier molecular flexibility index (Phi) is 2.79. The van der Waals surface area contributed by atoms with E-state index < -0.39 is 0 Å². The lowest BCUT2D eigenvalue weighted by molar-refractivity contribution is 1.25. The highest BCUT2D eigenvalue weighted by molar-refractivity contribution is 7.13. The largest absolute Gasteiger partial charge is 0.249 e. The number of hydrogen-bond acceptors (Lipinski definition) is 3. The summed E-state index contributed by atoms with van der Waals surface area (Å²) in [5.41, 5.74) is 5.15. The van der Waals surface area contributed by atoms with Crippen LogP contribution in [0.1, 0.15) is 11.3 Å². The van der Waals surface area contributed by atoms with Gasteiger partial charge in [0.05, 0.1) is 28.6 Å². The Bertz CT molecular complexity index is 491. The van der Waals surface area contributed by atoms with Crippen molar-refractivity contribution in [2.45, 2.75) is 13.3 Å². The van der Waals surface area contributed by atoms with Crippen molar-refractivity contribution in [2.24, 2.45) is 0 Å². The Morgan fingerprint density at radius 2 is 2.07 bits per heavy atom. The molecule has 0 unspecified atom stereocenters. The van der Waals surface area contributed by atoms with E-state index in [4.69, 9.17) is 5.26 Å². The third-order valence-electron chi connectivity index (χ3n) is 2.24. The smallest absolute Gasteiger partial charge is 0.0801 e. The summed E-state index contributed by atoms with van der Waals surface area (Å²) >= 11 is 1.65. The molecule has 3 heteroatoms. The van der Waals surface area contributed by atoms with Gasteiger partial charge < -0.3 is 0 Å². The van der Waals surface area contributed by atoms with Crippen LogP contribution in [0.4, 0.5) is 0 Å². The van der Waals surface area contributed by atoms with E-state index in [-0.39, 0.29) is 0 Å². The van der Waals surface area contributed by atoms with E-state index in [1.54, 1.807) is 11.3 Å². The van der Waals surface area contributed by atoms with E-state index >= 15 is 0 Å². The second kappa shape index (κ2) is 4.24. The minimum absolute atomic E-state index is 0.474. The number of nitriles is 1. The summed E-state index contributed by atoms with van der Waals surface area (Å²) in [6.07, 6.45) is 0.474. The maximum atomic E-state index is 8.56. The van der Waals surface area contributed by atoms with Gasteiger partial charge in [0, 0.05) is 0 Å². The lowest BCUT2D eigenvalue weighted by Crippen LogP contribution is -1.82. The molecule has 74 valence electrons. The van der Waals surface area contributed by atoms with Gasteiger partial charge in [0.2, 0.25) is 0 Å². The molecule has 0 aliphatic heterocycles. The summed E-state index contributed by atoms with van der Waals surface area (Å²) in [7, 11) is 0. The molecule has 0 fully saturated rings. The van der Waals surface area contributed by atoms with Gasteiger partial charge in [-0.15, -0.1) is 11.3 Å². The topological polar surface area (TPSA) is 36.7 Å². The minimum atomic E-state index is 0.474. The summed E-state index contributed by atoms with van der Waals surface area (Å²) in [5, 5.41) is 8.56. The summed E-state index contributed by atoms with van der Waals surface area (Å²) in [6, 6.07) is 10.2. The van der Waals surface area contributed by atoms with Gasteiger partial charge in [-0.3, -0.25) is 0 Å². The van der Waals surface area contributed by atoms with Crippen LogP contribution in [0.15, 0.2) is 29.8 Å². The maximum Gasteiger partial charge on any atom is 0.0801 e. The Balaban J connectivity index is 2.33. The Morgan fingerprint density at radius 3 is 2.60 bits per heavy atom. The molecule has 15 heavy (non-hydrogen) atoms. The van der Waals surface area contributed by atoms with Crippen molar-refractivity contribution in [3.8, 4) is 16.5 Å². The molecule has 0 saturated heterocycles. The Morgan fingerprint density at radius 1 is 1.33 bits per heavy atom. The number of benzene rings is 1. The van der Waals surface area contributed by atoms with Crippen LogP contribution >= 0.6 is 11.3 Å². The van der Waals surface area contributed by atoms with Crippen LogP contribution in [0.3, 0.4) is 0 Å². The average Bonchev–Trinajstić information content (AvgIpc) is 2.66. The zero-order valence-electron chi connectivity index (χ0n) is 8.40. The molecule has 0 saturated carbocycles. The van der Waals surface area contributed by atoms with Gasteiger partial charge >= 0.3 is 0 Å². The highest BCUT2D eigenvalue weighted by Crippen LogP contribution is 2.27. The fourth-order valence-corrected chi connectivity index (χ4v) is 2.26. The Labute approximate surface area is 92.8 Å². The second-order valence-electron chi connectivity index (χ2n) is 3.30. The van der Waals surface area contributed by atoms with Gasteiger partial charge in [0.15, 0.2) is 0 Å². The van der Waals surface area contributed by atoms with E-state index in [1.807, 2.05) is 36.7 Å². The third kappa shape index (κ3) is 2.05. The van der Waals surface area contributed by atoms with Gasteiger partial charge in [-0.05, 0) is 18.1 Å². The SMILES string of the molecule is Cc1ncsc1-c1ccc(CC#N)cc1. The Hall–Kier alpha value is -1.66. The first kappa shape index (κ1) is 9.88. The van der Waals surface area contributed by atoms with E-state index in [2.05, 4.69) is 11.1 Å². The fraction of sp³-hybridized carbons (Fsp3) is 0.167. The second-order valence-corrected chi connectivity index (χ2v) is 4.15. The first-order valence-corrected chi connectivity index (χ1v) is 5.55. The standard InChI is InChI=1S/C12H10N2S/c1-9-12(15-8-14-9)11-4-2-10(3-5-11)6-7-13/h2-5,8H,6H2,1H3. The van der Waals surface area contributed by atoms with Crippen molar-refractivity contribution in [3.63, 3.8) is 0 Å². The van der Waals surface area contributed by atoms with Crippen molar-refractivity contribution in [1.29, 1.82) is 5.26 Å². The van der Waals surface area contributed by atoms with E-state index in [0.29, 0.717) is 6.42 Å². The number of rotatable bonds is 2. The summed E-state index contributed by atoms with van der Waals surface area (Å²) in [6.45, 7) is 2.01. The van der Waals surface area contributed by atoms with E-state index in [1.165, 1.54) is 10.4 Å². The summed E-state index contributed by atoms with van der Waals surface area (Å²) in [4.78, 5) is 5.42. The van der Waals surface area contributed by atoms with Crippen LogP contribution in [0.2, 0.25) is 0 Å². The minimum Gasteiger partial charge on any atom is -0.249 e. The third-order valence-corrected chi connectivity index (χ3v) is 3.22. The molecule has 0 N–H and O–H groups in total. The van der Waals surface area contributed by atoms with Crippen molar-refractivity contribution in [3.05, 3.63) is 41.0 Å². The zero-order chi connectivity index (χ0) is 10.7. The molecule has 2 aromatic rings. The van der Waals surface area contributed by atoms with Crippen molar-refractivity contribution >= 4 is 11.3 Å². The van der Waals surface area contributed by atoms with Crippen LogP contribution in [0.25, 0.3) is 10.4 Å².